The molecule has 1 aromatic rings. The summed E-state index contributed by atoms with van der Waals surface area (Å²) in [6.45, 7) is 3.52. The van der Waals surface area contributed by atoms with E-state index in [4.69, 9.17) is 0 Å². The quantitative estimate of drug-likeness (QED) is 0.593. The van der Waals surface area contributed by atoms with Gasteiger partial charge in [0.05, 0.1) is 4.92 Å². The molecule has 0 aliphatic heterocycles. The van der Waals surface area contributed by atoms with Gasteiger partial charge in [-0.15, -0.1) is 0 Å². The highest BCUT2D eigenvalue weighted by Gasteiger charge is 2.35. The second kappa shape index (κ2) is 5.44. The standard InChI is InChI=1S/C11H15N3O4/c1-3-11(4-2,10(15)16)13-9-6-5-8(7-12-9)14(17)18/h5-7H,3-4H2,1-2H3,(H,12,13)(H,15,16). The molecule has 0 fully saturated rings. The van der Waals surface area contributed by atoms with Gasteiger partial charge in [0.25, 0.3) is 5.69 Å². The number of pyridine rings is 1. The van der Waals surface area contributed by atoms with Crippen LogP contribution >= 0.6 is 0 Å². The van der Waals surface area contributed by atoms with Gasteiger partial charge in [-0.25, -0.2) is 9.78 Å². The molecule has 1 heterocycles. The van der Waals surface area contributed by atoms with E-state index in [1.807, 2.05) is 0 Å². The van der Waals surface area contributed by atoms with E-state index in [0.717, 1.165) is 6.20 Å². The van der Waals surface area contributed by atoms with Crippen LogP contribution in [0.5, 0.6) is 0 Å². The van der Waals surface area contributed by atoms with Crippen molar-refractivity contribution in [2.24, 2.45) is 0 Å². The van der Waals surface area contributed by atoms with Crippen molar-refractivity contribution in [3.05, 3.63) is 28.4 Å². The van der Waals surface area contributed by atoms with Gasteiger partial charge < -0.3 is 10.4 Å². The number of carbonyl (C=O) groups is 1. The van der Waals surface area contributed by atoms with Gasteiger partial charge in [0.1, 0.15) is 17.6 Å². The molecule has 0 atom stereocenters. The van der Waals surface area contributed by atoms with Crippen LogP contribution in [0.1, 0.15) is 26.7 Å². The van der Waals surface area contributed by atoms with Crippen LogP contribution in [-0.4, -0.2) is 26.5 Å². The van der Waals surface area contributed by atoms with Crippen molar-refractivity contribution in [2.75, 3.05) is 5.32 Å². The molecule has 1 rings (SSSR count). The molecule has 7 nitrogen and oxygen atoms in total. The zero-order valence-electron chi connectivity index (χ0n) is 10.2. The first-order chi connectivity index (χ1) is 8.45. The van der Waals surface area contributed by atoms with Gasteiger partial charge >= 0.3 is 5.97 Å². The highest BCUT2D eigenvalue weighted by molar-refractivity contribution is 5.82. The SMILES string of the molecule is CCC(CC)(Nc1ccc([N+](=O)[O-])cn1)C(=O)O. The molecule has 0 aliphatic rings. The summed E-state index contributed by atoms with van der Waals surface area (Å²) in [7, 11) is 0. The largest absolute Gasteiger partial charge is 0.480 e. The van der Waals surface area contributed by atoms with E-state index < -0.39 is 16.4 Å². The number of nitro groups is 1. The monoisotopic (exact) mass is 253 g/mol. The minimum atomic E-state index is -1.09. The van der Waals surface area contributed by atoms with Crippen molar-refractivity contribution in [1.29, 1.82) is 0 Å². The normalized spacial score (nSPS) is 11.0. The first-order valence-electron chi connectivity index (χ1n) is 5.57. The van der Waals surface area contributed by atoms with Gasteiger partial charge in [-0.2, -0.15) is 0 Å². The van der Waals surface area contributed by atoms with E-state index in [0.29, 0.717) is 18.7 Å². The number of nitrogens with zero attached hydrogens (tertiary/aromatic N) is 2. The Bertz CT molecular complexity index is 440. The molecule has 0 amide bonds. The minimum Gasteiger partial charge on any atom is -0.480 e. The maximum absolute atomic E-state index is 11.3. The summed E-state index contributed by atoms with van der Waals surface area (Å²) in [6.07, 6.45) is 1.87. The van der Waals surface area contributed by atoms with E-state index >= 15 is 0 Å². The van der Waals surface area contributed by atoms with Gasteiger partial charge in [-0.05, 0) is 18.9 Å². The van der Waals surface area contributed by atoms with Crippen molar-refractivity contribution in [3.8, 4) is 0 Å². The number of aliphatic carboxylic acids is 1. The average molecular weight is 253 g/mol. The molecule has 98 valence electrons. The van der Waals surface area contributed by atoms with Crippen LogP contribution in [0, 0.1) is 10.1 Å². The Morgan fingerprint density at radius 2 is 2.11 bits per heavy atom. The molecule has 0 radical (unpaired) electrons. The third-order valence-corrected chi connectivity index (χ3v) is 2.94. The predicted octanol–water partition coefficient (Wildman–Crippen LogP) is 2.05. The molecular formula is C11H15N3O4. The van der Waals surface area contributed by atoms with E-state index in [9.17, 15) is 20.0 Å². The number of hydrogen-bond acceptors (Lipinski definition) is 5. The van der Waals surface area contributed by atoms with E-state index in [-0.39, 0.29) is 5.69 Å². The number of anilines is 1. The van der Waals surface area contributed by atoms with Crippen molar-refractivity contribution < 1.29 is 14.8 Å². The van der Waals surface area contributed by atoms with Crippen molar-refractivity contribution in [1.82, 2.24) is 4.98 Å². The Kier molecular flexibility index (Phi) is 4.19. The molecule has 0 unspecified atom stereocenters. The lowest BCUT2D eigenvalue weighted by molar-refractivity contribution is -0.385. The first kappa shape index (κ1) is 13.9. The van der Waals surface area contributed by atoms with Gasteiger partial charge in [-0.3, -0.25) is 10.1 Å². The summed E-state index contributed by atoms with van der Waals surface area (Å²) in [5, 5.41) is 22.5. The summed E-state index contributed by atoms with van der Waals surface area (Å²) >= 11 is 0. The molecule has 0 saturated heterocycles. The first-order valence-corrected chi connectivity index (χ1v) is 5.57. The molecule has 7 heteroatoms. The molecule has 1 aromatic heterocycles. The Balaban J connectivity index is 2.95. The highest BCUT2D eigenvalue weighted by atomic mass is 16.6. The van der Waals surface area contributed by atoms with Crippen LogP contribution in [0.15, 0.2) is 18.3 Å². The van der Waals surface area contributed by atoms with Gasteiger partial charge in [-0.1, -0.05) is 13.8 Å². The summed E-state index contributed by atoms with van der Waals surface area (Å²) < 4.78 is 0. The third kappa shape index (κ3) is 2.73. The van der Waals surface area contributed by atoms with Crippen molar-refractivity contribution in [3.63, 3.8) is 0 Å². The Morgan fingerprint density at radius 1 is 1.50 bits per heavy atom. The van der Waals surface area contributed by atoms with E-state index in [2.05, 4.69) is 10.3 Å². The minimum absolute atomic E-state index is 0.130. The van der Waals surface area contributed by atoms with Crippen LogP contribution in [0.25, 0.3) is 0 Å². The summed E-state index contributed by atoms with van der Waals surface area (Å²) in [4.78, 5) is 25.0. The van der Waals surface area contributed by atoms with Gasteiger partial charge in [0, 0.05) is 6.07 Å². The van der Waals surface area contributed by atoms with E-state index in [1.54, 1.807) is 13.8 Å². The van der Waals surface area contributed by atoms with Crippen LogP contribution in [0.2, 0.25) is 0 Å². The van der Waals surface area contributed by atoms with Crippen LogP contribution in [-0.2, 0) is 4.79 Å². The number of rotatable bonds is 6. The lowest BCUT2D eigenvalue weighted by Gasteiger charge is -2.28. The number of hydrogen-bond donors (Lipinski definition) is 2. The fourth-order valence-corrected chi connectivity index (χ4v) is 1.60. The zero-order chi connectivity index (χ0) is 13.8. The number of carboxylic acid groups (broad SMARTS) is 1. The number of nitrogens with one attached hydrogen (secondary N) is 1. The summed E-state index contributed by atoms with van der Waals surface area (Å²) in [5.41, 5.74) is -1.22. The Labute approximate surface area is 104 Å². The molecule has 0 spiro atoms. The summed E-state index contributed by atoms with van der Waals surface area (Å²) in [6, 6.07) is 2.69. The molecule has 0 aromatic carbocycles. The van der Waals surface area contributed by atoms with Crippen LogP contribution in [0.3, 0.4) is 0 Å². The maximum atomic E-state index is 11.3. The van der Waals surface area contributed by atoms with Gasteiger partial charge in [0.2, 0.25) is 0 Å². The second-order valence-electron chi connectivity index (χ2n) is 3.88. The fraction of sp³-hybridized carbons (Fsp3) is 0.455. The molecular weight excluding hydrogens is 238 g/mol. The lowest BCUT2D eigenvalue weighted by Crippen LogP contribution is -2.45. The lowest BCUT2D eigenvalue weighted by atomic mass is 9.93. The molecule has 2 N–H and O–H groups in total. The fourth-order valence-electron chi connectivity index (χ4n) is 1.60. The van der Waals surface area contributed by atoms with Crippen molar-refractivity contribution in [2.45, 2.75) is 32.2 Å². The van der Waals surface area contributed by atoms with E-state index in [1.165, 1.54) is 12.1 Å². The van der Waals surface area contributed by atoms with Gasteiger partial charge in [0.15, 0.2) is 0 Å². The highest BCUT2D eigenvalue weighted by Crippen LogP contribution is 2.22. The van der Waals surface area contributed by atoms with Crippen LogP contribution < -0.4 is 5.32 Å². The third-order valence-electron chi connectivity index (χ3n) is 2.94. The predicted molar refractivity (Wildman–Crippen MR) is 65.5 cm³/mol. The molecule has 0 saturated carbocycles. The molecule has 0 aliphatic carbocycles. The zero-order valence-corrected chi connectivity index (χ0v) is 10.2. The van der Waals surface area contributed by atoms with Crippen molar-refractivity contribution >= 4 is 17.5 Å². The maximum Gasteiger partial charge on any atom is 0.329 e. The smallest absolute Gasteiger partial charge is 0.329 e. The van der Waals surface area contributed by atoms with Crippen LogP contribution in [0.4, 0.5) is 11.5 Å². The Hall–Kier alpha value is -2.18. The summed E-state index contributed by atoms with van der Waals surface area (Å²) in [5.74, 6) is -0.653. The average Bonchev–Trinajstić information content (AvgIpc) is 2.36. The number of carboxylic acids is 1. The second-order valence-corrected chi connectivity index (χ2v) is 3.88. The topological polar surface area (TPSA) is 105 Å². The Morgan fingerprint density at radius 3 is 2.44 bits per heavy atom. The molecule has 18 heavy (non-hydrogen) atoms. The molecule has 0 bridgehead atoms. The number of aromatic nitrogens is 1.